The molecule has 0 N–H and O–H groups in total. The Morgan fingerprint density at radius 2 is 2.33 bits per heavy atom. The van der Waals surface area contributed by atoms with Crippen LogP contribution in [-0.2, 0) is 12.3 Å². The molecule has 0 bridgehead atoms. The van der Waals surface area contributed by atoms with Gasteiger partial charge < -0.3 is 9.47 Å². The van der Waals surface area contributed by atoms with Crippen LogP contribution in [0.3, 0.4) is 0 Å². The highest BCUT2D eigenvalue weighted by molar-refractivity contribution is 6.17. The summed E-state index contributed by atoms with van der Waals surface area (Å²) in [6, 6.07) is 4.05. The topological polar surface area (TPSA) is 18.5 Å². The Morgan fingerprint density at radius 1 is 1.53 bits per heavy atom. The molecule has 1 unspecified atom stereocenters. The highest BCUT2D eigenvalue weighted by atomic mass is 35.5. The van der Waals surface area contributed by atoms with Gasteiger partial charge in [0.2, 0.25) is 0 Å². The quantitative estimate of drug-likeness (QED) is 0.738. The normalized spacial score (nSPS) is 18.5. The van der Waals surface area contributed by atoms with Crippen LogP contribution in [0, 0.1) is 0 Å². The second-order valence-electron chi connectivity index (χ2n) is 3.77. The standard InChI is InChI=1S/C12H15ClO2/c1-3-14-11-5-9-4-8(2)15-12(9)6-10(11)7-13/h5-6,8H,3-4,7H2,1-2H3. The monoisotopic (exact) mass is 226 g/mol. The molecule has 3 heteroatoms. The van der Waals surface area contributed by atoms with Gasteiger partial charge in [-0.3, -0.25) is 0 Å². The third kappa shape index (κ3) is 2.05. The lowest BCUT2D eigenvalue weighted by atomic mass is 10.1. The molecule has 1 aliphatic heterocycles. The van der Waals surface area contributed by atoms with Crippen LogP contribution >= 0.6 is 11.6 Å². The van der Waals surface area contributed by atoms with E-state index in [9.17, 15) is 0 Å². The maximum Gasteiger partial charge on any atom is 0.124 e. The van der Waals surface area contributed by atoms with Gasteiger partial charge in [0.05, 0.1) is 12.5 Å². The molecular weight excluding hydrogens is 212 g/mol. The summed E-state index contributed by atoms with van der Waals surface area (Å²) in [6.45, 7) is 4.71. The Bertz CT molecular complexity index is 363. The van der Waals surface area contributed by atoms with Gasteiger partial charge in [0.15, 0.2) is 0 Å². The zero-order valence-corrected chi connectivity index (χ0v) is 9.80. The number of rotatable bonds is 3. The van der Waals surface area contributed by atoms with Crippen LogP contribution in [0.15, 0.2) is 12.1 Å². The van der Waals surface area contributed by atoms with Gasteiger partial charge in [-0.15, -0.1) is 11.6 Å². The van der Waals surface area contributed by atoms with Crippen molar-refractivity contribution in [3.8, 4) is 11.5 Å². The molecule has 0 saturated heterocycles. The van der Waals surface area contributed by atoms with Gasteiger partial charge in [-0.05, 0) is 26.0 Å². The molecule has 0 aromatic heterocycles. The molecule has 82 valence electrons. The Morgan fingerprint density at radius 3 is 3.00 bits per heavy atom. The minimum Gasteiger partial charge on any atom is -0.494 e. The first kappa shape index (κ1) is 10.6. The van der Waals surface area contributed by atoms with Gasteiger partial charge in [0.1, 0.15) is 17.6 Å². The summed E-state index contributed by atoms with van der Waals surface area (Å²) in [4.78, 5) is 0. The highest BCUT2D eigenvalue weighted by Gasteiger charge is 2.21. The van der Waals surface area contributed by atoms with Crippen LogP contribution in [0.1, 0.15) is 25.0 Å². The average Bonchev–Trinajstić information content (AvgIpc) is 2.56. The minimum atomic E-state index is 0.264. The van der Waals surface area contributed by atoms with Crippen molar-refractivity contribution in [1.29, 1.82) is 0 Å². The van der Waals surface area contributed by atoms with Crippen LogP contribution in [-0.4, -0.2) is 12.7 Å². The van der Waals surface area contributed by atoms with Gasteiger partial charge in [0.25, 0.3) is 0 Å². The number of halogens is 1. The third-order valence-electron chi connectivity index (χ3n) is 2.52. The second-order valence-corrected chi connectivity index (χ2v) is 4.03. The fourth-order valence-electron chi connectivity index (χ4n) is 1.88. The Balaban J connectivity index is 2.36. The SMILES string of the molecule is CCOc1cc2c(cc1CCl)OC(C)C2. The van der Waals surface area contributed by atoms with E-state index in [0.717, 1.165) is 23.5 Å². The van der Waals surface area contributed by atoms with Crippen molar-refractivity contribution < 1.29 is 9.47 Å². The third-order valence-corrected chi connectivity index (χ3v) is 2.81. The smallest absolute Gasteiger partial charge is 0.124 e. The maximum atomic E-state index is 5.87. The van der Waals surface area contributed by atoms with E-state index in [1.165, 1.54) is 5.56 Å². The van der Waals surface area contributed by atoms with Crippen molar-refractivity contribution in [2.24, 2.45) is 0 Å². The van der Waals surface area contributed by atoms with Gasteiger partial charge in [-0.1, -0.05) is 0 Å². The van der Waals surface area contributed by atoms with Crippen LogP contribution in [0.25, 0.3) is 0 Å². The first-order chi connectivity index (χ1) is 7.24. The molecule has 0 spiro atoms. The molecule has 15 heavy (non-hydrogen) atoms. The summed E-state index contributed by atoms with van der Waals surface area (Å²) in [5, 5.41) is 0. The van der Waals surface area contributed by atoms with Gasteiger partial charge >= 0.3 is 0 Å². The maximum absolute atomic E-state index is 5.87. The number of ether oxygens (including phenoxy) is 2. The largest absolute Gasteiger partial charge is 0.494 e. The van der Waals surface area contributed by atoms with Crippen molar-refractivity contribution in [1.82, 2.24) is 0 Å². The van der Waals surface area contributed by atoms with E-state index < -0.39 is 0 Å². The summed E-state index contributed by atoms with van der Waals surface area (Å²) in [5.74, 6) is 2.31. The van der Waals surface area contributed by atoms with E-state index >= 15 is 0 Å². The van der Waals surface area contributed by atoms with Crippen LogP contribution in [0.2, 0.25) is 0 Å². The second kappa shape index (κ2) is 4.31. The van der Waals surface area contributed by atoms with E-state index in [2.05, 4.69) is 13.0 Å². The molecule has 2 rings (SSSR count). The average molecular weight is 227 g/mol. The summed E-state index contributed by atoms with van der Waals surface area (Å²) in [5.41, 5.74) is 2.23. The van der Waals surface area contributed by atoms with E-state index in [4.69, 9.17) is 21.1 Å². The van der Waals surface area contributed by atoms with Gasteiger partial charge in [-0.2, -0.15) is 0 Å². The highest BCUT2D eigenvalue weighted by Crippen LogP contribution is 2.35. The summed E-state index contributed by atoms with van der Waals surface area (Å²) in [6.07, 6.45) is 1.22. The predicted molar refractivity (Wildman–Crippen MR) is 61.0 cm³/mol. The van der Waals surface area contributed by atoms with E-state index in [1.54, 1.807) is 0 Å². The van der Waals surface area contributed by atoms with Crippen molar-refractivity contribution in [3.63, 3.8) is 0 Å². The van der Waals surface area contributed by atoms with Gasteiger partial charge in [-0.25, -0.2) is 0 Å². The summed E-state index contributed by atoms with van der Waals surface area (Å²) in [7, 11) is 0. The van der Waals surface area contributed by atoms with Crippen molar-refractivity contribution in [3.05, 3.63) is 23.3 Å². The van der Waals surface area contributed by atoms with E-state index in [0.29, 0.717) is 12.5 Å². The molecule has 1 atom stereocenters. The fraction of sp³-hybridized carbons (Fsp3) is 0.500. The Kier molecular flexibility index (Phi) is 3.06. The number of benzene rings is 1. The molecular formula is C12H15ClO2. The van der Waals surface area contributed by atoms with Crippen LogP contribution < -0.4 is 9.47 Å². The van der Waals surface area contributed by atoms with E-state index in [1.807, 2.05) is 13.0 Å². The molecule has 1 aliphatic rings. The lowest BCUT2D eigenvalue weighted by Gasteiger charge is -2.10. The van der Waals surface area contributed by atoms with Crippen molar-refractivity contribution in [2.45, 2.75) is 32.3 Å². The molecule has 0 radical (unpaired) electrons. The zero-order valence-electron chi connectivity index (χ0n) is 9.05. The minimum absolute atomic E-state index is 0.264. The molecule has 1 heterocycles. The molecule has 2 nitrogen and oxygen atoms in total. The molecule has 0 amide bonds. The number of alkyl halides is 1. The van der Waals surface area contributed by atoms with E-state index in [-0.39, 0.29) is 6.10 Å². The first-order valence-electron chi connectivity index (χ1n) is 5.25. The number of fused-ring (bicyclic) bond motifs is 1. The summed E-state index contributed by atoms with van der Waals surface area (Å²) >= 11 is 5.87. The Labute approximate surface area is 95.1 Å². The lowest BCUT2D eigenvalue weighted by molar-refractivity contribution is 0.254. The summed E-state index contributed by atoms with van der Waals surface area (Å²) < 4.78 is 11.2. The number of hydrogen-bond donors (Lipinski definition) is 0. The molecule has 0 saturated carbocycles. The van der Waals surface area contributed by atoms with Crippen LogP contribution in [0.4, 0.5) is 0 Å². The molecule has 1 aromatic carbocycles. The Hall–Kier alpha value is -0.890. The first-order valence-corrected chi connectivity index (χ1v) is 5.79. The zero-order chi connectivity index (χ0) is 10.8. The molecule has 0 aliphatic carbocycles. The fourth-order valence-corrected chi connectivity index (χ4v) is 2.08. The van der Waals surface area contributed by atoms with Crippen molar-refractivity contribution in [2.75, 3.05) is 6.61 Å². The van der Waals surface area contributed by atoms with Crippen molar-refractivity contribution >= 4 is 11.6 Å². The van der Waals surface area contributed by atoms with Gasteiger partial charge in [0, 0.05) is 17.5 Å². The molecule has 0 fully saturated rings. The number of hydrogen-bond acceptors (Lipinski definition) is 2. The molecule has 1 aromatic rings. The predicted octanol–water partition coefficient (Wildman–Crippen LogP) is 3.15. The van der Waals surface area contributed by atoms with Crippen LogP contribution in [0.5, 0.6) is 11.5 Å². The lowest BCUT2D eigenvalue weighted by Crippen LogP contribution is -2.05.